The molecule has 2 aromatic rings. The number of methoxy groups -OCH3 is 1. The maximum atomic E-state index is 12.1. The van der Waals surface area contributed by atoms with Crippen LogP contribution in [-0.2, 0) is 27.2 Å². The van der Waals surface area contributed by atoms with Crippen LogP contribution in [0.2, 0.25) is 0 Å². The molecule has 2 aromatic carbocycles. The third-order valence-corrected chi connectivity index (χ3v) is 4.08. The van der Waals surface area contributed by atoms with Gasteiger partial charge in [0.25, 0.3) is 5.91 Å². The van der Waals surface area contributed by atoms with Crippen molar-refractivity contribution in [2.24, 2.45) is 0 Å². The molecule has 0 spiro atoms. The molecule has 0 heterocycles. The van der Waals surface area contributed by atoms with Crippen molar-refractivity contribution in [2.45, 2.75) is 39.2 Å². The Bertz CT molecular complexity index is 723. The first-order valence-corrected chi connectivity index (χ1v) is 8.74. The molecule has 2 rings (SSSR count). The van der Waals surface area contributed by atoms with E-state index < -0.39 is 6.10 Å². The smallest absolute Gasteiger partial charge is 0.306 e. The van der Waals surface area contributed by atoms with E-state index in [0.29, 0.717) is 17.9 Å². The lowest BCUT2D eigenvalue weighted by Crippen LogP contribution is -2.30. The number of hydrogen-bond donors (Lipinski definition) is 1. The number of hydrogen-bond acceptors (Lipinski definition) is 4. The topological polar surface area (TPSA) is 64.6 Å². The predicted octanol–water partition coefficient (Wildman–Crippen LogP) is 3.76. The quantitative estimate of drug-likeness (QED) is 0.732. The minimum Gasteiger partial charge on any atom is -0.497 e. The lowest BCUT2D eigenvalue weighted by Gasteiger charge is -2.14. The standard InChI is InChI=1S/C21H25NO4/c1-4-16-5-7-17(8-6-16)9-14-20(23)26-15(2)21(24)22-18-10-12-19(25-3)13-11-18/h5-8,10-13,15H,4,9,14H2,1-3H3,(H,22,24)/t15-/m1/s1. The third kappa shape index (κ3) is 5.92. The van der Waals surface area contributed by atoms with Crippen LogP contribution in [0, 0.1) is 0 Å². The van der Waals surface area contributed by atoms with Crippen LogP contribution in [0.3, 0.4) is 0 Å². The van der Waals surface area contributed by atoms with E-state index in [-0.39, 0.29) is 18.3 Å². The fourth-order valence-corrected chi connectivity index (χ4v) is 2.42. The molecule has 0 aromatic heterocycles. The Labute approximate surface area is 154 Å². The molecular weight excluding hydrogens is 330 g/mol. The summed E-state index contributed by atoms with van der Waals surface area (Å²) < 4.78 is 10.3. The van der Waals surface area contributed by atoms with Crippen LogP contribution >= 0.6 is 0 Å². The van der Waals surface area contributed by atoms with Gasteiger partial charge in [-0.3, -0.25) is 9.59 Å². The lowest BCUT2D eigenvalue weighted by atomic mass is 10.1. The Balaban J connectivity index is 1.78. The number of rotatable bonds is 8. The molecule has 1 atom stereocenters. The van der Waals surface area contributed by atoms with Crippen LogP contribution in [0.25, 0.3) is 0 Å². The van der Waals surface area contributed by atoms with Crippen LogP contribution in [0.1, 0.15) is 31.4 Å². The minimum atomic E-state index is -0.855. The number of carbonyl (C=O) groups excluding carboxylic acids is 2. The Morgan fingerprint density at radius 3 is 2.19 bits per heavy atom. The van der Waals surface area contributed by atoms with Crippen molar-refractivity contribution in [1.29, 1.82) is 0 Å². The van der Waals surface area contributed by atoms with E-state index in [1.165, 1.54) is 5.56 Å². The molecule has 0 fully saturated rings. The summed E-state index contributed by atoms with van der Waals surface area (Å²) in [6.45, 7) is 3.66. The molecule has 0 unspecified atom stereocenters. The monoisotopic (exact) mass is 355 g/mol. The van der Waals surface area contributed by atoms with Crippen molar-refractivity contribution >= 4 is 17.6 Å². The molecule has 1 amide bonds. The average Bonchev–Trinajstić information content (AvgIpc) is 2.67. The number of aryl methyl sites for hydroxylation is 2. The van der Waals surface area contributed by atoms with Gasteiger partial charge in [-0.05, 0) is 55.2 Å². The summed E-state index contributed by atoms with van der Waals surface area (Å²) in [5.74, 6) is -0.0489. The van der Waals surface area contributed by atoms with Gasteiger partial charge in [0, 0.05) is 12.1 Å². The van der Waals surface area contributed by atoms with Crippen molar-refractivity contribution in [3.05, 3.63) is 59.7 Å². The molecule has 138 valence electrons. The maximum absolute atomic E-state index is 12.1. The molecule has 0 saturated heterocycles. The first-order chi connectivity index (χ1) is 12.5. The Morgan fingerprint density at radius 2 is 1.62 bits per heavy atom. The van der Waals surface area contributed by atoms with Crippen molar-refractivity contribution in [3.8, 4) is 5.75 Å². The predicted molar refractivity (Wildman–Crippen MR) is 101 cm³/mol. The number of ether oxygens (including phenoxy) is 2. The highest BCUT2D eigenvalue weighted by Crippen LogP contribution is 2.15. The second-order valence-electron chi connectivity index (χ2n) is 6.02. The van der Waals surface area contributed by atoms with Crippen LogP contribution in [0.15, 0.2) is 48.5 Å². The molecule has 5 nitrogen and oxygen atoms in total. The zero-order valence-electron chi connectivity index (χ0n) is 15.5. The van der Waals surface area contributed by atoms with Gasteiger partial charge in [0.15, 0.2) is 6.10 Å². The van der Waals surface area contributed by atoms with E-state index in [2.05, 4.69) is 24.4 Å². The first kappa shape index (κ1) is 19.5. The van der Waals surface area contributed by atoms with Gasteiger partial charge in [0.1, 0.15) is 5.75 Å². The Hall–Kier alpha value is -2.82. The second-order valence-corrected chi connectivity index (χ2v) is 6.02. The average molecular weight is 355 g/mol. The fourth-order valence-electron chi connectivity index (χ4n) is 2.42. The summed E-state index contributed by atoms with van der Waals surface area (Å²) in [4.78, 5) is 24.1. The lowest BCUT2D eigenvalue weighted by molar-refractivity contribution is -0.153. The summed E-state index contributed by atoms with van der Waals surface area (Å²) in [5, 5.41) is 2.71. The summed E-state index contributed by atoms with van der Waals surface area (Å²) in [5.41, 5.74) is 2.96. The maximum Gasteiger partial charge on any atom is 0.306 e. The van der Waals surface area contributed by atoms with Gasteiger partial charge >= 0.3 is 5.97 Å². The highest BCUT2D eigenvalue weighted by atomic mass is 16.5. The van der Waals surface area contributed by atoms with Gasteiger partial charge in [-0.2, -0.15) is 0 Å². The summed E-state index contributed by atoms with van der Waals surface area (Å²) in [6, 6.07) is 15.1. The number of anilines is 1. The van der Waals surface area contributed by atoms with Gasteiger partial charge in [0.2, 0.25) is 0 Å². The van der Waals surface area contributed by atoms with Crippen molar-refractivity contribution in [3.63, 3.8) is 0 Å². The van der Waals surface area contributed by atoms with Crippen molar-refractivity contribution in [1.82, 2.24) is 0 Å². The van der Waals surface area contributed by atoms with Crippen LogP contribution in [-0.4, -0.2) is 25.1 Å². The SMILES string of the molecule is CCc1ccc(CCC(=O)O[C@H](C)C(=O)Nc2ccc(OC)cc2)cc1. The number of benzene rings is 2. The minimum absolute atomic E-state index is 0.242. The molecule has 0 radical (unpaired) electrons. The van der Waals surface area contributed by atoms with E-state index >= 15 is 0 Å². The molecule has 0 bridgehead atoms. The number of amides is 1. The van der Waals surface area contributed by atoms with Gasteiger partial charge in [-0.15, -0.1) is 0 Å². The third-order valence-electron chi connectivity index (χ3n) is 4.08. The molecule has 26 heavy (non-hydrogen) atoms. The van der Waals surface area contributed by atoms with Crippen molar-refractivity contribution < 1.29 is 19.1 Å². The van der Waals surface area contributed by atoms with Crippen LogP contribution < -0.4 is 10.1 Å². The second kappa shape index (κ2) is 9.61. The summed E-state index contributed by atoms with van der Waals surface area (Å²) in [6.07, 6.45) is 0.969. The fraction of sp³-hybridized carbons (Fsp3) is 0.333. The normalized spacial score (nSPS) is 11.5. The van der Waals surface area contributed by atoms with Gasteiger partial charge in [0.05, 0.1) is 7.11 Å². The van der Waals surface area contributed by atoms with E-state index in [1.54, 1.807) is 38.3 Å². The van der Waals surface area contributed by atoms with Gasteiger partial charge < -0.3 is 14.8 Å². The van der Waals surface area contributed by atoms with Crippen molar-refractivity contribution in [2.75, 3.05) is 12.4 Å². The molecule has 0 aliphatic heterocycles. The molecule has 0 aliphatic rings. The van der Waals surface area contributed by atoms with E-state index in [4.69, 9.17) is 9.47 Å². The van der Waals surface area contributed by atoms with E-state index in [1.807, 2.05) is 12.1 Å². The molecule has 0 saturated carbocycles. The van der Waals surface area contributed by atoms with E-state index in [0.717, 1.165) is 12.0 Å². The number of esters is 1. The summed E-state index contributed by atoms with van der Waals surface area (Å²) in [7, 11) is 1.58. The van der Waals surface area contributed by atoms with Gasteiger partial charge in [-0.25, -0.2) is 0 Å². The van der Waals surface area contributed by atoms with E-state index in [9.17, 15) is 9.59 Å². The largest absolute Gasteiger partial charge is 0.497 e. The van der Waals surface area contributed by atoms with Crippen LogP contribution in [0.5, 0.6) is 5.75 Å². The molecule has 1 N–H and O–H groups in total. The Morgan fingerprint density at radius 1 is 1.00 bits per heavy atom. The number of carbonyl (C=O) groups is 2. The molecule has 0 aliphatic carbocycles. The Kier molecular flexibility index (Phi) is 7.21. The first-order valence-electron chi connectivity index (χ1n) is 8.74. The molecule has 5 heteroatoms. The van der Waals surface area contributed by atoms with Gasteiger partial charge in [-0.1, -0.05) is 31.2 Å². The highest BCUT2D eigenvalue weighted by Gasteiger charge is 2.17. The summed E-state index contributed by atoms with van der Waals surface area (Å²) >= 11 is 0. The zero-order valence-corrected chi connectivity index (χ0v) is 15.5. The highest BCUT2D eigenvalue weighted by molar-refractivity contribution is 5.95. The number of nitrogens with one attached hydrogen (secondary N) is 1. The van der Waals surface area contributed by atoms with Crippen LogP contribution in [0.4, 0.5) is 5.69 Å². The zero-order chi connectivity index (χ0) is 18.9. The molecular formula is C21H25NO4.